The molecule has 1 unspecified atom stereocenters. The molecule has 1 fully saturated rings. The van der Waals surface area contributed by atoms with Gasteiger partial charge in [0.15, 0.2) is 0 Å². The summed E-state index contributed by atoms with van der Waals surface area (Å²) < 4.78 is 14.5. The van der Waals surface area contributed by atoms with E-state index in [1.165, 1.54) is 18.9 Å². The number of hydrogen-bond acceptors (Lipinski definition) is 1. The molecular weight excluding hydrogens is 295 g/mol. The maximum atomic E-state index is 13.8. The van der Waals surface area contributed by atoms with Gasteiger partial charge in [0.1, 0.15) is 5.82 Å². The Hall–Kier alpha value is -0.410. The molecule has 1 atom stereocenters. The van der Waals surface area contributed by atoms with Crippen molar-refractivity contribution in [3.05, 3.63) is 34.1 Å². The smallest absolute Gasteiger partial charge is 0.127 e. The fourth-order valence-electron chi connectivity index (χ4n) is 3.11. The highest BCUT2D eigenvalue weighted by atomic mass is 79.9. The molecule has 3 heteroatoms. The first-order valence-corrected chi connectivity index (χ1v) is 7.49. The van der Waals surface area contributed by atoms with Crippen molar-refractivity contribution in [2.75, 3.05) is 0 Å². The zero-order chi connectivity index (χ0) is 13.2. The molecule has 2 rings (SSSR count). The molecule has 0 radical (unpaired) electrons. The van der Waals surface area contributed by atoms with Gasteiger partial charge in [-0.2, -0.15) is 0 Å². The van der Waals surface area contributed by atoms with E-state index in [2.05, 4.69) is 22.9 Å². The largest absolute Gasteiger partial charge is 0.392 e. The summed E-state index contributed by atoms with van der Waals surface area (Å²) in [4.78, 5) is 0. The van der Waals surface area contributed by atoms with Crippen LogP contribution in [0.3, 0.4) is 0 Å². The van der Waals surface area contributed by atoms with E-state index in [1.54, 1.807) is 6.07 Å². The van der Waals surface area contributed by atoms with Crippen LogP contribution in [0.15, 0.2) is 22.7 Å². The normalized spacial score (nSPS) is 20.0. The summed E-state index contributed by atoms with van der Waals surface area (Å²) in [5.41, 5.74) is 0.630. The molecule has 1 nitrogen and oxygen atoms in total. The van der Waals surface area contributed by atoms with Gasteiger partial charge in [-0.15, -0.1) is 0 Å². The van der Waals surface area contributed by atoms with Crippen molar-refractivity contribution >= 4 is 15.9 Å². The minimum absolute atomic E-state index is 0.0134. The lowest BCUT2D eigenvalue weighted by atomic mass is 9.76. The highest BCUT2D eigenvalue weighted by Crippen LogP contribution is 2.44. The summed E-state index contributed by atoms with van der Waals surface area (Å²) >= 11 is 3.25. The highest BCUT2D eigenvalue weighted by Gasteiger charge is 2.38. The van der Waals surface area contributed by atoms with Gasteiger partial charge in [0.05, 0.1) is 6.10 Å². The summed E-state index contributed by atoms with van der Waals surface area (Å²) in [7, 11) is 0. The highest BCUT2D eigenvalue weighted by molar-refractivity contribution is 9.10. The molecule has 100 valence electrons. The zero-order valence-electron chi connectivity index (χ0n) is 10.8. The second kappa shape index (κ2) is 5.70. The third-order valence-electron chi connectivity index (χ3n) is 4.44. The first-order chi connectivity index (χ1) is 8.57. The fourth-order valence-corrected chi connectivity index (χ4v) is 3.45. The molecule has 1 aromatic carbocycles. The van der Waals surface area contributed by atoms with E-state index in [4.69, 9.17) is 0 Å². The third-order valence-corrected chi connectivity index (χ3v) is 4.93. The second-order valence-electron chi connectivity index (χ2n) is 5.38. The van der Waals surface area contributed by atoms with Crippen molar-refractivity contribution in [1.29, 1.82) is 0 Å². The van der Waals surface area contributed by atoms with Crippen molar-refractivity contribution in [2.45, 2.75) is 51.6 Å². The van der Waals surface area contributed by atoms with Gasteiger partial charge in [0.25, 0.3) is 0 Å². The van der Waals surface area contributed by atoms with E-state index in [-0.39, 0.29) is 11.2 Å². The van der Waals surface area contributed by atoms with Crippen LogP contribution in [0.2, 0.25) is 0 Å². The molecule has 1 aromatic rings. The summed E-state index contributed by atoms with van der Waals surface area (Å²) in [6, 6.07) is 5.06. The van der Waals surface area contributed by atoms with Crippen LogP contribution in [0, 0.1) is 11.2 Å². The Balaban J connectivity index is 2.12. The van der Waals surface area contributed by atoms with Crippen LogP contribution in [0.25, 0.3) is 0 Å². The lowest BCUT2D eigenvalue weighted by Gasteiger charge is -2.33. The molecule has 1 saturated carbocycles. The van der Waals surface area contributed by atoms with E-state index in [0.29, 0.717) is 12.0 Å². The van der Waals surface area contributed by atoms with Crippen LogP contribution in [0.5, 0.6) is 0 Å². The predicted molar refractivity (Wildman–Crippen MR) is 75.0 cm³/mol. The number of halogens is 2. The molecule has 0 heterocycles. The Morgan fingerprint density at radius 1 is 1.39 bits per heavy atom. The van der Waals surface area contributed by atoms with Gasteiger partial charge in [-0.1, -0.05) is 41.8 Å². The summed E-state index contributed by atoms with van der Waals surface area (Å²) in [5, 5.41) is 10.5. The zero-order valence-corrected chi connectivity index (χ0v) is 12.3. The van der Waals surface area contributed by atoms with Crippen LogP contribution >= 0.6 is 15.9 Å². The summed E-state index contributed by atoms with van der Waals surface area (Å²) in [6.07, 6.45) is 5.49. The maximum absolute atomic E-state index is 13.8. The average molecular weight is 315 g/mol. The van der Waals surface area contributed by atoms with Crippen molar-refractivity contribution in [3.63, 3.8) is 0 Å². The first kappa shape index (κ1) is 14.0. The number of aliphatic hydroxyl groups is 1. The molecule has 1 aliphatic carbocycles. The fraction of sp³-hybridized carbons (Fsp3) is 0.600. The molecule has 0 amide bonds. The average Bonchev–Trinajstić information content (AvgIpc) is 2.82. The van der Waals surface area contributed by atoms with Crippen molar-refractivity contribution in [1.82, 2.24) is 0 Å². The van der Waals surface area contributed by atoms with Gasteiger partial charge in [-0.05, 0) is 42.4 Å². The van der Waals surface area contributed by atoms with Gasteiger partial charge in [-0.3, -0.25) is 0 Å². The molecule has 1 aliphatic rings. The number of aliphatic hydroxyl groups excluding tert-OH is 1. The molecule has 18 heavy (non-hydrogen) atoms. The Labute approximate surface area is 117 Å². The maximum Gasteiger partial charge on any atom is 0.127 e. The van der Waals surface area contributed by atoms with E-state index >= 15 is 0 Å². The first-order valence-electron chi connectivity index (χ1n) is 6.69. The van der Waals surface area contributed by atoms with E-state index in [1.807, 2.05) is 6.07 Å². The van der Waals surface area contributed by atoms with Gasteiger partial charge in [-0.25, -0.2) is 4.39 Å². The van der Waals surface area contributed by atoms with Crippen LogP contribution in [0.1, 0.15) is 44.6 Å². The standard InChI is InChI=1S/C15H20BrFO/c1-2-15(7-3-4-8-15)14(18)9-11-5-6-12(16)10-13(11)17/h5-6,10,14,18H,2-4,7-9H2,1H3. The number of hydrogen-bond donors (Lipinski definition) is 1. The topological polar surface area (TPSA) is 20.2 Å². The Kier molecular flexibility index (Phi) is 4.44. The molecule has 0 bridgehead atoms. The SMILES string of the molecule is CCC1(C(O)Cc2ccc(Br)cc2F)CCCC1. The minimum atomic E-state index is -0.430. The van der Waals surface area contributed by atoms with Crippen LogP contribution < -0.4 is 0 Å². The van der Waals surface area contributed by atoms with Crippen molar-refractivity contribution in [3.8, 4) is 0 Å². The number of benzene rings is 1. The summed E-state index contributed by atoms with van der Waals surface area (Å²) in [5.74, 6) is -0.229. The Morgan fingerprint density at radius 2 is 2.06 bits per heavy atom. The lowest BCUT2D eigenvalue weighted by molar-refractivity contribution is 0.0251. The Morgan fingerprint density at radius 3 is 2.61 bits per heavy atom. The monoisotopic (exact) mass is 314 g/mol. The van der Waals surface area contributed by atoms with E-state index in [0.717, 1.165) is 23.7 Å². The molecule has 0 aromatic heterocycles. The molecule has 0 saturated heterocycles. The minimum Gasteiger partial charge on any atom is -0.392 e. The van der Waals surface area contributed by atoms with Crippen LogP contribution in [-0.2, 0) is 6.42 Å². The molecular formula is C15H20BrFO. The summed E-state index contributed by atoms with van der Waals surface area (Å²) in [6.45, 7) is 2.13. The van der Waals surface area contributed by atoms with Gasteiger partial charge < -0.3 is 5.11 Å². The quantitative estimate of drug-likeness (QED) is 0.869. The molecule has 1 N–H and O–H groups in total. The van der Waals surface area contributed by atoms with Crippen LogP contribution in [0.4, 0.5) is 4.39 Å². The van der Waals surface area contributed by atoms with E-state index < -0.39 is 6.10 Å². The van der Waals surface area contributed by atoms with Crippen molar-refractivity contribution < 1.29 is 9.50 Å². The van der Waals surface area contributed by atoms with Gasteiger partial charge in [0, 0.05) is 10.9 Å². The predicted octanol–water partition coefficient (Wildman–Crippen LogP) is 4.46. The molecule has 0 aliphatic heterocycles. The second-order valence-corrected chi connectivity index (χ2v) is 6.29. The Bertz CT molecular complexity index is 413. The van der Waals surface area contributed by atoms with Gasteiger partial charge in [0.2, 0.25) is 0 Å². The third kappa shape index (κ3) is 2.77. The number of rotatable bonds is 4. The van der Waals surface area contributed by atoms with Crippen molar-refractivity contribution in [2.24, 2.45) is 5.41 Å². The van der Waals surface area contributed by atoms with Crippen LogP contribution in [-0.4, -0.2) is 11.2 Å². The van der Waals surface area contributed by atoms with E-state index in [9.17, 15) is 9.50 Å². The molecule has 0 spiro atoms. The lowest BCUT2D eigenvalue weighted by Crippen LogP contribution is -2.34. The van der Waals surface area contributed by atoms with Gasteiger partial charge >= 0.3 is 0 Å².